The van der Waals surface area contributed by atoms with Crippen LogP contribution in [0, 0.1) is 0 Å². The Morgan fingerprint density at radius 2 is 1.73 bits per heavy atom. The molecule has 1 N–H and O–H groups in total. The number of rotatable bonds is 8. The third-order valence-electron chi connectivity index (χ3n) is 3.31. The standard InChI is InChI=1S/C18H26N2OS/c1-3-5-14-20(15-6-4-2)18(22)19-17(21)13-12-16-10-8-7-9-11-16/h7-13H,3-6,14-15H2,1-2H3,(H,19,21,22)/b13-12+. The van der Waals surface area contributed by atoms with E-state index in [1.54, 1.807) is 6.08 Å². The monoisotopic (exact) mass is 318 g/mol. The van der Waals surface area contributed by atoms with Crippen LogP contribution in [0.1, 0.15) is 45.1 Å². The van der Waals surface area contributed by atoms with E-state index in [1.165, 1.54) is 6.08 Å². The minimum atomic E-state index is -0.174. The zero-order valence-corrected chi connectivity index (χ0v) is 14.4. The molecule has 0 bridgehead atoms. The van der Waals surface area contributed by atoms with Crippen molar-refractivity contribution < 1.29 is 4.79 Å². The van der Waals surface area contributed by atoms with Crippen molar-refractivity contribution in [1.82, 2.24) is 10.2 Å². The minimum Gasteiger partial charge on any atom is -0.349 e. The Morgan fingerprint density at radius 3 is 2.27 bits per heavy atom. The zero-order chi connectivity index (χ0) is 16.2. The summed E-state index contributed by atoms with van der Waals surface area (Å²) in [7, 11) is 0. The first kappa shape index (κ1) is 18.4. The Kier molecular flexibility index (Phi) is 9.15. The second-order valence-electron chi connectivity index (χ2n) is 5.23. The predicted octanol–water partition coefficient (Wildman–Crippen LogP) is 4.00. The molecule has 1 aromatic carbocycles. The van der Waals surface area contributed by atoms with Gasteiger partial charge in [0, 0.05) is 19.2 Å². The quantitative estimate of drug-likeness (QED) is 0.581. The van der Waals surface area contributed by atoms with Crippen LogP contribution in [0.5, 0.6) is 0 Å². The Morgan fingerprint density at radius 1 is 1.14 bits per heavy atom. The maximum atomic E-state index is 12.0. The van der Waals surface area contributed by atoms with Crippen molar-refractivity contribution in [1.29, 1.82) is 0 Å². The summed E-state index contributed by atoms with van der Waals surface area (Å²) in [6.45, 7) is 6.11. The molecule has 0 fully saturated rings. The van der Waals surface area contributed by atoms with Gasteiger partial charge in [0.2, 0.25) is 5.91 Å². The van der Waals surface area contributed by atoms with Crippen LogP contribution >= 0.6 is 12.2 Å². The van der Waals surface area contributed by atoms with Crippen LogP contribution in [0.15, 0.2) is 36.4 Å². The predicted molar refractivity (Wildman–Crippen MR) is 97.6 cm³/mol. The molecule has 0 aliphatic heterocycles. The van der Waals surface area contributed by atoms with Crippen LogP contribution in [0.4, 0.5) is 0 Å². The number of benzene rings is 1. The molecule has 0 radical (unpaired) electrons. The van der Waals surface area contributed by atoms with E-state index < -0.39 is 0 Å². The van der Waals surface area contributed by atoms with Gasteiger partial charge >= 0.3 is 0 Å². The van der Waals surface area contributed by atoms with Crippen molar-refractivity contribution in [3.8, 4) is 0 Å². The first-order valence-corrected chi connectivity index (χ1v) is 8.41. The first-order valence-electron chi connectivity index (χ1n) is 8.00. The highest BCUT2D eigenvalue weighted by Crippen LogP contribution is 2.02. The van der Waals surface area contributed by atoms with Gasteiger partial charge in [-0.1, -0.05) is 57.0 Å². The lowest BCUT2D eigenvalue weighted by Crippen LogP contribution is -2.43. The van der Waals surface area contributed by atoms with E-state index in [0.29, 0.717) is 5.11 Å². The van der Waals surface area contributed by atoms with E-state index in [-0.39, 0.29) is 5.91 Å². The molecule has 0 aliphatic carbocycles. The minimum absolute atomic E-state index is 0.174. The normalized spacial score (nSPS) is 10.6. The van der Waals surface area contributed by atoms with Gasteiger partial charge < -0.3 is 4.90 Å². The van der Waals surface area contributed by atoms with E-state index >= 15 is 0 Å². The lowest BCUT2D eigenvalue weighted by molar-refractivity contribution is -0.115. The summed E-state index contributed by atoms with van der Waals surface area (Å²) >= 11 is 5.37. The zero-order valence-electron chi connectivity index (χ0n) is 13.5. The number of unbranched alkanes of at least 4 members (excludes halogenated alkanes) is 2. The number of nitrogens with one attached hydrogen (secondary N) is 1. The summed E-state index contributed by atoms with van der Waals surface area (Å²) in [5.41, 5.74) is 0.998. The molecule has 0 spiro atoms. The smallest absolute Gasteiger partial charge is 0.250 e. The van der Waals surface area contributed by atoms with Gasteiger partial charge in [0.15, 0.2) is 5.11 Å². The van der Waals surface area contributed by atoms with E-state index in [2.05, 4.69) is 24.1 Å². The van der Waals surface area contributed by atoms with Crippen LogP contribution in [0.25, 0.3) is 6.08 Å². The highest BCUT2D eigenvalue weighted by atomic mass is 32.1. The van der Waals surface area contributed by atoms with Crippen molar-refractivity contribution in [2.75, 3.05) is 13.1 Å². The van der Waals surface area contributed by atoms with Crippen LogP contribution in [0.3, 0.4) is 0 Å². The average Bonchev–Trinajstić information content (AvgIpc) is 2.54. The number of carbonyl (C=O) groups excluding carboxylic acids is 1. The van der Waals surface area contributed by atoms with Crippen LogP contribution in [0.2, 0.25) is 0 Å². The largest absolute Gasteiger partial charge is 0.349 e. The lowest BCUT2D eigenvalue weighted by Gasteiger charge is -2.24. The highest BCUT2D eigenvalue weighted by Gasteiger charge is 2.10. The number of nitrogens with zero attached hydrogens (tertiary/aromatic N) is 1. The van der Waals surface area contributed by atoms with Crippen LogP contribution in [-0.4, -0.2) is 29.0 Å². The second kappa shape index (κ2) is 11.0. The second-order valence-corrected chi connectivity index (χ2v) is 5.62. The molecule has 22 heavy (non-hydrogen) atoms. The molecule has 0 heterocycles. The Balaban J connectivity index is 2.52. The van der Waals surface area contributed by atoms with Crippen molar-refractivity contribution in [2.45, 2.75) is 39.5 Å². The molecule has 1 amide bonds. The van der Waals surface area contributed by atoms with Crippen LogP contribution < -0.4 is 5.32 Å². The van der Waals surface area contributed by atoms with E-state index in [9.17, 15) is 4.79 Å². The fourth-order valence-electron chi connectivity index (χ4n) is 1.98. The number of hydrogen-bond acceptors (Lipinski definition) is 2. The van der Waals surface area contributed by atoms with E-state index in [4.69, 9.17) is 12.2 Å². The Bertz CT molecular complexity index is 477. The third-order valence-corrected chi connectivity index (χ3v) is 3.67. The van der Waals surface area contributed by atoms with Crippen molar-refractivity contribution in [2.24, 2.45) is 0 Å². The summed E-state index contributed by atoms with van der Waals surface area (Å²) in [4.78, 5) is 14.1. The summed E-state index contributed by atoms with van der Waals surface area (Å²) in [6, 6.07) is 9.75. The molecular weight excluding hydrogens is 292 g/mol. The van der Waals surface area contributed by atoms with Crippen molar-refractivity contribution >= 4 is 29.3 Å². The van der Waals surface area contributed by atoms with Gasteiger partial charge in [-0.25, -0.2) is 0 Å². The molecule has 0 unspecified atom stereocenters. The summed E-state index contributed by atoms with van der Waals surface area (Å²) < 4.78 is 0. The lowest BCUT2D eigenvalue weighted by atomic mass is 10.2. The number of carbonyl (C=O) groups is 1. The maximum Gasteiger partial charge on any atom is 0.250 e. The Hall–Kier alpha value is -1.68. The molecular formula is C18H26N2OS. The molecule has 4 heteroatoms. The third kappa shape index (κ3) is 7.36. The van der Waals surface area contributed by atoms with Gasteiger partial charge in [-0.2, -0.15) is 0 Å². The SMILES string of the molecule is CCCCN(CCCC)C(=S)NC(=O)/C=C/c1ccccc1. The number of thiocarbonyl (C=S) groups is 1. The molecule has 0 saturated heterocycles. The molecule has 120 valence electrons. The molecule has 1 aromatic rings. The van der Waals surface area contributed by atoms with Gasteiger partial charge in [-0.15, -0.1) is 0 Å². The van der Waals surface area contributed by atoms with Gasteiger partial charge in [-0.05, 0) is 36.7 Å². The first-order chi connectivity index (χ1) is 10.7. The fraction of sp³-hybridized carbons (Fsp3) is 0.444. The summed E-state index contributed by atoms with van der Waals surface area (Å²) in [6.07, 6.45) is 7.72. The fourth-order valence-corrected chi connectivity index (χ4v) is 2.26. The highest BCUT2D eigenvalue weighted by molar-refractivity contribution is 7.80. The topological polar surface area (TPSA) is 32.3 Å². The average molecular weight is 318 g/mol. The summed E-state index contributed by atoms with van der Waals surface area (Å²) in [5.74, 6) is -0.174. The Labute approximate surface area is 139 Å². The molecule has 0 aliphatic rings. The molecule has 0 aromatic heterocycles. The van der Waals surface area contributed by atoms with Crippen LogP contribution in [-0.2, 0) is 4.79 Å². The van der Waals surface area contributed by atoms with Crippen molar-refractivity contribution in [3.63, 3.8) is 0 Å². The number of hydrogen-bond donors (Lipinski definition) is 1. The number of amides is 1. The van der Waals surface area contributed by atoms with Crippen molar-refractivity contribution in [3.05, 3.63) is 42.0 Å². The van der Waals surface area contributed by atoms with Gasteiger partial charge in [0.1, 0.15) is 0 Å². The van der Waals surface area contributed by atoms with E-state index in [0.717, 1.165) is 44.3 Å². The molecule has 1 rings (SSSR count). The summed E-state index contributed by atoms with van der Waals surface area (Å²) in [5, 5.41) is 3.33. The molecule has 0 saturated carbocycles. The van der Waals surface area contributed by atoms with E-state index in [1.807, 2.05) is 30.3 Å². The maximum absolute atomic E-state index is 12.0. The molecule has 3 nitrogen and oxygen atoms in total. The van der Waals surface area contributed by atoms with Gasteiger partial charge in [0.05, 0.1) is 0 Å². The molecule has 0 atom stereocenters. The van der Waals surface area contributed by atoms with Gasteiger partial charge in [0.25, 0.3) is 0 Å². The van der Waals surface area contributed by atoms with Gasteiger partial charge in [-0.3, -0.25) is 10.1 Å².